The highest BCUT2D eigenvalue weighted by Gasteiger charge is 2.29. The molecule has 130 valence electrons. The highest BCUT2D eigenvalue weighted by molar-refractivity contribution is 6.02. The standard InChI is InChI=1S/C19H27N3O2/c1-4-21(5-2)12-14(23)13-22-17-9-7-6-8-15(17)16-10-11-20(3)19(24)18(16)22/h6-9,14,23H,4-5,10-13H2,1-3H3. The van der Waals surface area contributed by atoms with Crippen LogP contribution in [-0.4, -0.2) is 64.7 Å². The fourth-order valence-electron chi connectivity index (χ4n) is 3.67. The molecule has 2 aromatic rings. The van der Waals surface area contributed by atoms with Gasteiger partial charge in [0, 0.05) is 31.0 Å². The predicted molar refractivity (Wildman–Crippen MR) is 96.4 cm³/mol. The second-order valence-corrected chi connectivity index (χ2v) is 6.57. The van der Waals surface area contributed by atoms with Gasteiger partial charge in [0.25, 0.3) is 5.91 Å². The number of nitrogens with zero attached hydrogens (tertiary/aromatic N) is 3. The van der Waals surface area contributed by atoms with Gasteiger partial charge >= 0.3 is 0 Å². The first kappa shape index (κ1) is 17.0. The van der Waals surface area contributed by atoms with E-state index in [1.807, 2.05) is 29.8 Å². The van der Waals surface area contributed by atoms with Gasteiger partial charge < -0.3 is 19.5 Å². The Kier molecular flexibility index (Phi) is 4.92. The summed E-state index contributed by atoms with van der Waals surface area (Å²) in [6, 6.07) is 8.14. The Labute approximate surface area is 143 Å². The summed E-state index contributed by atoms with van der Waals surface area (Å²) >= 11 is 0. The molecule has 0 saturated carbocycles. The largest absolute Gasteiger partial charge is 0.390 e. The van der Waals surface area contributed by atoms with E-state index in [1.165, 1.54) is 0 Å². The third-order valence-corrected chi connectivity index (χ3v) is 5.08. The summed E-state index contributed by atoms with van der Waals surface area (Å²) in [5.41, 5.74) is 2.93. The van der Waals surface area contributed by atoms with Crippen LogP contribution in [0, 0.1) is 0 Å². The van der Waals surface area contributed by atoms with Gasteiger partial charge in [-0.25, -0.2) is 0 Å². The van der Waals surface area contributed by atoms with Gasteiger partial charge in [-0.05, 0) is 31.1 Å². The number of likely N-dealkylation sites (N-methyl/N-ethyl adjacent to an activating group) is 2. The highest BCUT2D eigenvalue weighted by Crippen LogP contribution is 2.30. The zero-order chi connectivity index (χ0) is 17.3. The molecule has 2 heterocycles. The van der Waals surface area contributed by atoms with Gasteiger partial charge in [0.05, 0.1) is 12.6 Å². The van der Waals surface area contributed by atoms with E-state index in [0.717, 1.165) is 48.2 Å². The molecule has 3 rings (SSSR count). The van der Waals surface area contributed by atoms with Gasteiger partial charge in [-0.2, -0.15) is 0 Å². The lowest BCUT2D eigenvalue weighted by molar-refractivity contribution is 0.0754. The SMILES string of the molecule is CCN(CC)CC(O)Cn1c2c(c3ccccc31)CCN(C)C2=O. The van der Waals surface area contributed by atoms with E-state index in [0.29, 0.717) is 13.1 Å². The van der Waals surface area contributed by atoms with Crippen molar-refractivity contribution >= 4 is 16.8 Å². The van der Waals surface area contributed by atoms with Crippen molar-refractivity contribution in [3.05, 3.63) is 35.5 Å². The van der Waals surface area contributed by atoms with Gasteiger partial charge in [-0.3, -0.25) is 4.79 Å². The number of aromatic nitrogens is 1. The highest BCUT2D eigenvalue weighted by atomic mass is 16.3. The second kappa shape index (κ2) is 6.95. The average molecular weight is 329 g/mol. The molecular formula is C19H27N3O2. The number of para-hydroxylation sites is 1. The van der Waals surface area contributed by atoms with E-state index in [-0.39, 0.29) is 5.91 Å². The van der Waals surface area contributed by atoms with Gasteiger partial charge in [-0.15, -0.1) is 0 Å². The fraction of sp³-hybridized carbons (Fsp3) is 0.526. The molecule has 0 bridgehead atoms. The normalized spacial score (nSPS) is 16.0. The molecule has 0 saturated heterocycles. The number of carbonyl (C=O) groups excluding carboxylic acids is 1. The molecule has 0 radical (unpaired) electrons. The monoisotopic (exact) mass is 329 g/mol. The minimum absolute atomic E-state index is 0.0579. The molecule has 24 heavy (non-hydrogen) atoms. The minimum Gasteiger partial charge on any atom is -0.390 e. The van der Waals surface area contributed by atoms with Crippen LogP contribution in [0.15, 0.2) is 24.3 Å². The smallest absolute Gasteiger partial charge is 0.270 e. The average Bonchev–Trinajstić information content (AvgIpc) is 2.90. The van der Waals surface area contributed by atoms with Gasteiger partial charge in [0.2, 0.25) is 0 Å². The summed E-state index contributed by atoms with van der Waals surface area (Å²) in [7, 11) is 1.85. The maximum Gasteiger partial charge on any atom is 0.270 e. The summed E-state index contributed by atoms with van der Waals surface area (Å²) < 4.78 is 2.02. The van der Waals surface area contributed by atoms with Crippen LogP contribution in [0.1, 0.15) is 29.9 Å². The molecule has 1 unspecified atom stereocenters. The molecule has 1 aliphatic rings. The van der Waals surface area contributed by atoms with Crippen molar-refractivity contribution < 1.29 is 9.90 Å². The van der Waals surface area contributed by atoms with E-state index in [1.54, 1.807) is 4.90 Å². The zero-order valence-electron chi connectivity index (χ0n) is 14.8. The number of aliphatic hydroxyl groups is 1. The van der Waals surface area contributed by atoms with Gasteiger partial charge in [0.15, 0.2) is 0 Å². The Balaban J connectivity index is 1.99. The molecule has 1 atom stereocenters. The molecule has 1 amide bonds. The first-order valence-corrected chi connectivity index (χ1v) is 8.82. The quantitative estimate of drug-likeness (QED) is 0.881. The number of rotatable bonds is 6. The molecule has 5 heteroatoms. The maximum absolute atomic E-state index is 12.7. The van der Waals surface area contributed by atoms with Crippen molar-refractivity contribution in [2.75, 3.05) is 33.2 Å². The van der Waals surface area contributed by atoms with Gasteiger partial charge in [0.1, 0.15) is 5.69 Å². The molecule has 5 nitrogen and oxygen atoms in total. The number of aliphatic hydroxyl groups excluding tert-OH is 1. The Hall–Kier alpha value is -1.85. The van der Waals surface area contributed by atoms with E-state index in [9.17, 15) is 9.90 Å². The Morgan fingerprint density at radius 3 is 2.67 bits per heavy atom. The van der Waals surface area contributed by atoms with Crippen LogP contribution in [0.5, 0.6) is 0 Å². The number of amides is 1. The van der Waals surface area contributed by atoms with E-state index >= 15 is 0 Å². The van der Waals surface area contributed by atoms with Crippen molar-refractivity contribution in [3.63, 3.8) is 0 Å². The zero-order valence-corrected chi connectivity index (χ0v) is 14.8. The predicted octanol–water partition coefficient (Wildman–Crippen LogP) is 1.97. The van der Waals surface area contributed by atoms with Crippen molar-refractivity contribution in [3.8, 4) is 0 Å². The third kappa shape index (κ3) is 2.94. The van der Waals surface area contributed by atoms with E-state index in [4.69, 9.17) is 0 Å². The first-order valence-electron chi connectivity index (χ1n) is 8.82. The first-order chi connectivity index (χ1) is 11.6. The minimum atomic E-state index is -0.496. The summed E-state index contributed by atoms with van der Waals surface area (Å²) in [6.07, 6.45) is 0.377. The molecule has 1 N–H and O–H groups in total. The Morgan fingerprint density at radius 1 is 1.25 bits per heavy atom. The molecule has 0 aliphatic carbocycles. The van der Waals surface area contributed by atoms with Crippen molar-refractivity contribution in [1.82, 2.24) is 14.4 Å². The van der Waals surface area contributed by atoms with E-state index < -0.39 is 6.10 Å². The van der Waals surface area contributed by atoms with Crippen molar-refractivity contribution in [1.29, 1.82) is 0 Å². The lowest BCUT2D eigenvalue weighted by Crippen LogP contribution is -2.38. The summed E-state index contributed by atoms with van der Waals surface area (Å²) in [5, 5.41) is 11.7. The maximum atomic E-state index is 12.7. The van der Waals surface area contributed by atoms with Crippen LogP contribution in [0.2, 0.25) is 0 Å². The fourth-order valence-corrected chi connectivity index (χ4v) is 3.67. The van der Waals surface area contributed by atoms with Crippen LogP contribution in [0.3, 0.4) is 0 Å². The van der Waals surface area contributed by atoms with Crippen LogP contribution in [0.25, 0.3) is 10.9 Å². The summed E-state index contributed by atoms with van der Waals surface area (Å²) in [4.78, 5) is 16.7. The number of carbonyl (C=O) groups is 1. The molecule has 1 aliphatic heterocycles. The Morgan fingerprint density at radius 2 is 1.96 bits per heavy atom. The van der Waals surface area contributed by atoms with Crippen molar-refractivity contribution in [2.45, 2.75) is 32.9 Å². The van der Waals surface area contributed by atoms with Crippen LogP contribution in [0.4, 0.5) is 0 Å². The second-order valence-electron chi connectivity index (χ2n) is 6.57. The van der Waals surface area contributed by atoms with Crippen LogP contribution < -0.4 is 0 Å². The lowest BCUT2D eigenvalue weighted by Gasteiger charge is -2.26. The number of fused-ring (bicyclic) bond motifs is 3. The van der Waals surface area contributed by atoms with E-state index in [2.05, 4.69) is 24.8 Å². The molecular weight excluding hydrogens is 302 g/mol. The number of hydrogen-bond acceptors (Lipinski definition) is 3. The number of hydrogen-bond donors (Lipinski definition) is 1. The van der Waals surface area contributed by atoms with Crippen LogP contribution >= 0.6 is 0 Å². The molecule has 1 aromatic carbocycles. The molecule has 0 spiro atoms. The molecule has 0 fully saturated rings. The van der Waals surface area contributed by atoms with Gasteiger partial charge in [-0.1, -0.05) is 32.0 Å². The number of benzene rings is 1. The summed E-state index contributed by atoms with van der Waals surface area (Å²) in [5.74, 6) is 0.0579. The Bertz CT molecular complexity index is 734. The molecule has 1 aromatic heterocycles. The third-order valence-electron chi connectivity index (χ3n) is 5.08. The lowest BCUT2D eigenvalue weighted by atomic mass is 10.0. The van der Waals surface area contributed by atoms with Crippen molar-refractivity contribution in [2.24, 2.45) is 0 Å². The van der Waals surface area contributed by atoms with Crippen LogP contribution in [-0.2, 0) is 13.0 Å². The summed E-state index contributed by atoms with van der Waals surface area (Å²) in [6.45, 7) is 7.86. The topological polar surface area (TPSA) is 48.7 Å².